The van der Waals surface area contributed by atoms with Crippen molar-refractivity contribution in [1.82, 2.24) is 19.3 Å². The van der Waals surface area contributed by atoms with Crippen molar-refractivity contribution in [3.05, 3.63) is 72.3 Å². The third-order valence-corrected chi connectivity index (χ3v) is 3.99. The number of nitrogens with zero attached hydrogens (tertiary/aromatic N) is 3. The Bertz CT molecular complexity index is 979. The lowest BCUT2D eigenvalue weighted by Gasteiger charge is -2.01. The maximum absolute atomic E-state index is 12.5. The lowest BCUT2D eigenvalue weighted by molar-refractivity contribution is 0.0952. The van der Waals surface area contributed by atoms with Gasteiger partial charge in [0.05, 0.1) is 17.8 Å². The molecule has 1 aromatic carbocycles. The molecule has 0 radical (unpaired) electrons. The van der Waals surface area contributed by atoms with Crippen molar-refractivity contribution in [1.29, 1.82) is 0 Å². The highest BCUT2D eigenvalue weighted by molar-refractivity contribution is 6.06. The van der Waals surface area contributed by atoms with Gasteiger partial charge < -0.3 is 14.3 Å². The second-order valence-electron chi connectivity index (χ2n) is 5.55. The van der Waals surface area contributed by atoms with Gasteiger partial charge in [-0.25, -0.2) is 4.98 Å². The first kappa shape index (κ1) is 13.6. The smallest absolute Gasteiger partial charge is 0.253 e. The van der Waals surface area contributed by atoms with Gasteiger partial charge in [0, 0.05) is 36.5 Å². The Labute approximate surface area is 133 Å². The molecule has 0 atom stereocenters. The van der Waals surface area contributed by atoms with Crippen LogP contribution in [0.3, 0.4) is 0 Å². The number of hydrogen-bond donors (Lipinski definition) is 1. The van der Waals surface area contributed by atoms with E-state index in [2.05, 4.69) is 10.3 Å². The van der Waals surface area contributed by atoms with Gasteiger partial charge in [-0.15, -0.1) is 0 Å². The number of carbonyl (C=O) groups excluding carboxylic acids is 1. The molecule has 3 aromatic heterocycles. The number of nitrogens with one attached hydrogen (secondary N) is 1. The molecule has 5 nitrogen and oxygen atoms in total. The average Bonchev–Trinajstić information content (AvgIpc) is 3.14. The van der Waals surface area contributed by atoms with Crippen LogP contribution in [0.5, 0.6) is 0 Å². The minimum atomic E-state index is -0.0844. The van der Waals surface area contributed by atoms with Crippen molar-refractivity contribution >= 4 is 22.5 Å². The summed E-state index contributed by atoms with van der Waals surface area (Å²) >= 11 is 0. The van der Waals surface area contributed by atoms with Gasteiger partial charge in [-0.2, -0.15) is 0 Å². The van der Waals surface area contributed by atoms with E-state index in [1.807, 2.05) is 77.1 Å². The van der Waals surface area contributed by atoms with Crippen LogP contribution >= 0.6 is 0 Å². The molecule has 23 heavy (non-hydrogen) atoms. The monoisotopic (exact) mass is 304 g/mol. The van der Waals surface area contributed by atoms with Crippen LogP contribution in [0.2, 0.25) is 0 Å². The highest BCUT2D eigenvalue weighted by atomic mass is 16.1. The average molecular weight is 304 g/mol. The van der Waals surface area contributed by atoms with Gasteiger partial charge in [0.15, 0.2) is 0 Å². The Hall–Kier alpha value is -3.08. The maximum Gasteiger partial charge on any atom is 0.253 e. The molecule has 1 N–H and O–H groups in total. The number of hydrogen-bond acceptors (Lipinski definition) is 2. The van der Waals surface area contributed by atoms with Crippen LogP contribution in [0, 0.1) is 0 Å². The molecule has 5 heteroatoms. The number of para-hydroxylation sites is 1. The molecule has 4 aromatic rings. The highest BCUT2D eigenvalue weighted by Gasteiger charge is 2.13. The number of amides is 1. The number of aryl methyl sites for hydroxylation is 1. The van der Waals surface area contributed by atoms with E-state index in [4.69, 9.17) is 0 Å². The van der Waals surface area contributed by atoms with E-state index in [-0.39, 0.29) is 5.91 Å². The molecule has 114 valence electrons. The Balaban J connectivity index is 1.57. The second kappa shape index (κ2) is 5.28. The van der Waals surface area contributed by atoms with E-state index in [1.165, 1.54) is 0 Å². The topological polar surface area (TPSA) is 51.3 Å². The lowest BCUT2D eigenvalue weighted by Crippen LogP contribution is -2.22. The van der Waals surface area contributed by atoms with Gasteiger partial charge in [0.1, 0.15) is 5.65 Å². The van der Waals surface area contributed by atoms with E-state index in [0.717, 1.165) is 22.2 Å². The van der Waals surface area contributed by atoms with Crippen LogP contribution in [0.25, 0.3) is 16.6 Å². The van der Waals surface area contributed by atoms with Gasteiger partial charge in [-0.3, -0.25) is 4.79 Å². The molecule has 0 saturated carbocycles. The lowest BCUT2D eigenvalue weighted by atomic mass is 10.1. The predicted octanol–water partition coefficient (Wildman–Crippen LogP) is 2.76. The molecule has 0 bridgehead atoms. The highest BCUT2D eigenvalue weighted by Crippen LogP contribution is 2.20. The molecule has 0 aliphatic carbocycles. The van der Waals surface area contributed by atoms with Crippen molar-refractivity contribution in [2.75, 3.05) is 0 Å². The Morgan fingerprint density at radius 1 is 1.13 bits per heavy atom. The summed E-state index contributed by atoms with van der Waals surface area (Å²) in [5.74, 6) is -0.0844. The molecule has 0 aliphatic heterocycles. The quantitative estimate of drug-likeness (QED) is 0.633. The molecular weight excluding hydrogens is 288 g/mol. The molecule has 3 heterocycles. The van der Waals surface area contributed by atoms with Crippen LogP contribution in [-0.2, 0) is 13.6 Å². The number of imidazole rings is 1. The molecular formula is C18H16N4O. The minimum Gasteiger partial charge on any atom is -0.350 e. The van der Waals surface area contributed by atoms with Crippen LogP contribution in [0.4, 0.5) is 0 Å². The second-order valence-corrected chi connectivity index (χ2v) is 5.55. The fraction of sp³-hybridized carbons (Fsp3) is 0.111. The summed E-state index contributed by atoms with van der Waals surface area (Å²) in [6.45, 7) is 0.406. The Kier molecular flexibility index (Phi) is 3.12. The molecule has 0 saturated heterocycles. The van der Waals surface area contributed by atoms with Gasteiger partial charge in [-0.05, 0) is 18.2 Å². The van der Waals surface area contributed by atoms with Crippen molar-refractivity contribution in [3.63, 3.8) is 0 Å². The first-order chi connectivity index (χ1) is 11.2. The summed E-state index contributed by atoms with van der Waals surface area (Å²) in [7, 11) is 1.95. The number of benzene rings is 1. The molecule has 1 amide bonds. The van der Waals surface area contributed by atoms with E-state index >= 15 is 0 Å². The summed E-state index contributed by atoms with van der Waals surface area (Å²) in [5, 5.41) is 3.91. The van der Waals surface area contributed by atoms with E-state index in [0.29, 0.717) is 12.1 Å². The van der Waals surface area contributed by atoms with E-state index < -0.39 is 0 Å². The molecule has 0 aliphatic rings. The third-order valence-electron chi connectivity index (χ3n) is 3.99. The van der Waals surface area contributed by atoms with Gasteiger partial charge in [-0.1, -0.05) is 24.3 Å². The maximum atomic E-state index is 12.5. The van der Waals surface area contributed by atoms with Crippen molar-refractivity contribution < 1.29 is 4.79 Å². The van der Waals surface area contributed by atoms with Crippen LogP contribution < -0.4 is 5.32 Å². The van der Waals surface area contributed by atoms with Gasteiger partial charge >= 0.3 is 0 Å². The first-order valence-corrected chi connectivity index (χ1v) is 7.47. The standard InChI is InChI=1S/C18H16N4O/c1-21-12-15(14-6-2-3-7-16(14)21)18(23)19-10-13-11-22-9-5-4-8-17(22)20-13/h2-9,11-12H,10H2,1H3,(H,19,23). The molecule has 0 spiro atoms. The minimum absolute atomic E-state index is 0.0844. The third kappa shape index (κ3) is 2.36. The SMILES string of the molecule is Cn1cc(C(=O)NCc2cn3ccccc3n2)c2ccccc21. The zero-order chi connectivity index (χ0) is 15.8. The fourth-order valence-corrected chi connectivity index (χ4v) is 2.86. The number of pyridine rings is 1. The Morgan fingerprint density at radius 3 is 2.83 bits per heavy atom. The van der Waals surface area contributed by atoms with Crippen LogP contribution in [0.1, 0.15) is 16.1 Å². The normalized spacial score (nSPS) is 11.2. The summed E-state index contributed by atoms with van der Waals surface area (Å²) in [6, 6.07) is 13.7. The number of rotatable bonds is 3. The number of fused-ring (bicyclic) bond motifs is 2. The zero-order valence-corrected chi connectivity index (χ0v) is 12.7. The number of aromatic nitrogens is 3. The molecule has 4 rings (SSSR count). The van der Waals surface area contributed by atoms with Crippen molar-refractivity contribution in [3.8, 4) is 0 Å². The van der Waals surface area contributed by atoms with Gasteiger partial charge in [0.2, 0.25) is 0 Å². The summed E-state index contributed by atoms with van der Waals surface area (Å²) < 4.78 is 3.91. The van der Waals surface area contributed by atoms with Crippen molar-refractivity contribution in [2.45, 2.75) is 6.54 Å². The zero-order valence-electron chi connectivity index (χ0n) is 12.7. The number of carbonyl (C=O) groups is 1. The van der Waals surface area contributed by atoms with E-state index in [9.17, 15) is 4.79 Å². The van der Waals surface area contributed by atoms with Gasteiger partial charge in [0.25, 0.3) is 5.91 Å². The summed E-state index contributed by atoms with van der Waals surface area (Å²) in [5.41, 5.74) is 3.45. The van der Waals surface area contributed by atoms with Crippen LogP contribution in [0.15, 0.2) is 61.1 Å². The molecule has 0 fully saturated rings. The first-order valence-electron chi connectivity index (χ1n) is 7.47. The Morgan fingerprint density at radius 2 is 1.96 bits per heavy atom. The van der Waals surface area contributed by atoms with Crippen LogP contribution in [-0.4, -0.2) is 19.9 Å². The predicted molar refractivity (Wildman–Crippen MR) is 89.3 cm³/mol. The summed E-state index contributed by atoms with van der Waals surface area (Å²) in [4.78, 5) is 17.0. The van der Waals surface area contributed by atoms with Crippen molar-refractivity contribution in [2.24, 2.45) is 7.05 Å². The summed E-state index contributed by atoms with van der Waals surface area (Å²) in [6.07, 6.45) is 5.74. The van der Waals surface area contributed by atoms with E-state index in [1.54, 1.807) is 0 Å². The molecule has 0 unspecified atom stereocenters. The fourth-order valence-electron chi connectivity index (χ4n) is 2.86. The largest absolute Gasteiger partial charge is 0.350 e.